The minimum absolute atomic E-state index is 0.644. The van der Waals surface area contributed by atoms with Crippen molar-refractivity contribution in [3.63, 3.8) is 0 Å². The van der Waals surface area contributed by atoms with Gasteiger partial charge in [-0.2, -0.15) is 5.26 Å². The Labute approximate surface area is 118 Å². The maximum Gasteiger partial charge on any atom is 0.0999 e. The molecule has 3 rings (SSSR count). The van der Waals surface area contributed by atoms with Crippen molar-refractivity contribution in [2.45, 2.75) is 0 Å². The predicted molar refractivity (Wildman–Crippen MR) is 79.8 cm³/mol. The van der Waals surface area contributed by atoms with Gasteiger partial charge in [0.05, 0.1) is 17.3 Å². The molecule has 94 valence electrons. The molecule has 2 heteroatoms. The van der Waals surface area contributed by atoms with Gasteiger partial charge in [0.1, 0.15) is 0 Å². The van der Waals surface area contributed by atoms with Gasteiger partial charge in [0, 0.05) is 17.3 Å². The molecular formula is C18H12N2. The summed E-state index contributed by atoms with van der Waals surface area (Å²) in [5.74, 6) is 0. The fourth-order valence-corrected chi connectivity index (χ4v) is 2.16. The Morgan fingerprint density at radius 3 is 2.00 bits per heavy atom. The monoisotopic (exact) mass is 256 g/mol. The van der Waals surface area contributed by atoms with E-state index in [4.69, 9.17) is 0 Å². The van der Waals surface area contributed by atoms with Crippen molar-refractivity contribution in [3.05, 3.63) is 78.5 Å². The molecule has 0 spiro atoms. The van der Waals surface area contributed by atoms with E-state index in [1.54, 1.807) is 6.20 Å². The Kier molecular flexibility index (Phi) is 3.26. The molecular weight excluding hydrogens is 244 g/mol. The zero-order valence-electron chi connectivity index (χ0n) is 10.8. The fraction of sp³-hybridized carbons (Fsp3) is 0. The highest BCUT2D eigenvalue weighted by atomic mass is 14.7. The van der Waals surface area contributed by atoms with Crippen LogP contribution in [-0.2, 0) is 0 Å². The first-order valence-corrected chi connectivity index (χ1v) is 6.39. The van der Waals surface area contributed by atoms with E-state index in [0.717, 1.165) is 22.4 Å². The molecule has 0 bridgehead atoms. The second-order valence-electron chi connectivity index (χ2n) is 4.46. The van der Waals surface area contributed by atoms with Crippen LogP contribution in [0.15, 0.2) is 72.9 Å². The molecule has 0 fully saturated rings. The molecule has 20 heavy (non-hydrogen) atoms. The molecule has 0 aliphatic carbocycles. The Morgan fingerprint density at radius 1 is 0.800 bits per heavy atom. The van der Waals surface area contributed by atoms with Gasteiger partial charge in [-0.25, -0.2) is 0 Å². The summed E-state index contributed by atoms with van der Waals surface area (Å²) in [7, 11) is 0. The molecule has 1 aromatic heterocycles. The van der Waals surface area contributed by atoms with Gasteiger partial charge < -0.3 is 0 Å². The standard InChI is InChI=1S/C18H12N2/c19-12-16-11-18(15-9-5-2-6-10-15)20-13-17(16)14-7-3-1-4-8-14/h1-11,13H. The first-order chi connectivity index (χ1) is 9.88. The average molecular weight is 256 g/mol. The van der Waals surface area contributed by atoms with Crippen LogP contribution in [-0.4, -0.2) is 4.98 Å². The molecule has 1 heterocycles. The smallest absolute Gasteiger partial charge is 0.0999 e. The molecule has 0 aliphatic heterocycles. The molecule has 0 saturated heterocycles. The SMILES string of the molecule is N#Cc1cc(-c2ccccc2)ncc1-c1ccccc1. The molecule has 0 unspecified atom stereocenters. The van der Waals surface area contributed by atoms with Crippen LogP contribution in [0.3, 0.4) is 0 Å². The number of nitrogens with zero attached hydrogens (tertiary/aromatic N) is 2. The summed E-state index contributed by atoms with van der Waals surface area (Å²) < 4.78 is 0. The number of nitriles is 1. The van der Waals surface area contributed by atoms with E-state index in [-0.39, 0.29) is 0 Å². The first kappa shape index (κ1) is 12.1. The number of pyridine rings is 1. The molecule has 3 aromatic rings. The lowest BCUT2D eigenvalue weighted by molar-refractivity contribution is 1.31. The van der Waals surface area contributed by atoms with E-state index in [2.05, 4.69) is 11.1 Å². The van der Waals surface area contributed by atoms with Crippen LogP contribution in [0, 0.1) is 11.3 Å². The largest absolute Gasteiger partial charge is 0.256 e. The van der Waals surface area contributed by atoms with E-state index in [1.165, 1.54) is 0 Å². The van der Waals surface area contributed by atoms with E-state index >= 15 is 0 Å². The Balaban J connectivity index is 2.11. The van der Waals surface area contributed by atoms with Crippen LogP contribution in [0.4, 0.5) is 0 Å². The summed E-state index contributed by atoms with van der Waals surface area (Å²) in [4.78, 5) is 4.48. The van der Waals surface area contributed by atoms with Gasteiger partial charge in [-0.1, -0.05) is 60.7 Å². The topological polar surface area (TPSA) is 36.7 Å². The lowest BCUT2D eigenvalue weighted by atomic mass is 10.0. The summed E-state index contributed by atoms with van der Waals surface area (Å²) in [5, 5.41) is 9.37. The molecule has 0 saturated carbocycles. The second-order valence-corrected chi connectivity index (χ2v) is 4.46. The van der Waals surface area contributed by atoms with Crippen LogP contribution < -0.4 is 0 Å². The summed E-state index contributed by atoms with van der Waals surface area (Å²) in [6.07, 6.45) is 1.77. The van der Waals surface area contributed by atoms with Crippen molar-refractivity contribution in [2.75, 3.05) is 0 Å². The first-order valence-electron chi connectivity index (χ1n) is 6.39. The van der Waals surface area contributed by atoms with Gasteiger partial charge in [0.2, 0.25) is 0 Å². The van der Waals surface area contributed by atoms with E-state index in [1.807, 2.05) is 66.7 Å². The fourth-order valence-electron chi connectivity index (χ4n) is 2.16. The van der Waals surface area contributed by atoms with Gasteiger partial charge in [0.15, 0.2) is 0 Å². The number of hydrogen-bond acceptors (Lipinski definition) is 2. The van der Waals surface area contributed by atoms with Gasteiger partial charge >= 0.3 is 0 Å². The molecule has 0 amide bonds. The number of rotatable bonds is 2. The normalized spacial score (nSPS) is 9.95. The maximum absolute atomic E-state index is 9.37. The number of aromatic nitrogens is 1. The van der Waals surface area contributed by atoms with Crippen LogP contribution in [0.1, 0.15) is 5.56 Å². The maximum atomic E-state index is 9.37. The lowest BCUT2D eigenvalue weighted by Crippen LogP contribution is -1.90. The van der Waals surface area contributed by atoms with Gasteiger partial charge in [-0.3, -0.25) is 4.98 Å². The summed E-state index contributed by atoms with van der Waals surface area (Å²) in [6.45, 7) is 0. The molecule has 0 atom stereocenters. The third-order valence-corrected chi connectivity index (χ3v) is 3.18. The van der Waals surface area contributed by atoms with Crippen molar-refractivity contribution < 1.29 is 0 Å². The minimum atomic E-state index is 0.644. The lowest BCUT2D eigenvalue weighted by Gasteiger charge is -2.06. The molecule has 0 aliphatic rings. The van der Waals surface area contributed by atoms with Gasteiger partial charge in [-0.05, 0) is 11.6 Å². The van der Waals surface area contributed by atoms with E-state index < -0.39 is 0 Å². The summed E-state index contributed by atoms with van der Waals surface area (Å²) >= 11 is 0. The Bertz CT molecular complexity index is 756. The zero-order chi connectivity index (χ0) is 13.8. The molecule has 2 aromatic carbocycles. The highest BCUT2D eigenvalue weighted by Gasteiger charge is 2.08. The van der Waals surface area contributed by atoms with Gasteiger partial charge in [-0.15, -0.1) is 0 Å². The predicted octanol–water partition coefficient (Wildman–Crippen LogP) is 4.29. The highest BCUT2D eigenvalue weighted by Crippen LogP contribution is 2.26. The van der Waals surface area contributed by atoms with Crippen LogP contribution >= 0.6 is 0 Å². The third kappa shape index (κ3) is 2.30. The highest BCUT2D eigenvalue weighted by molar-refractivity contribution is 5.73. The summed E-state index contributed by atoms with van der Waals surface area (Å²) in [5.41, 5.74) is 4.36. The van der Waals surface area contributed by atoms with Crippen LogP contribution in [0.2, 0.25) is 0 Å². The van der Waals surface area contributed by atoms with Crippen molar-refractivity contribution >= 4 is 0 Å². The number of hydrogen-bond donors (Lipinski definition) is 0. The van der Waals surface area contributed by atoms with Gasteiger partial charge in [0.25, 0.3) is 0 Å². The minimum Gasteiger partial charge on any atom is -0.256 e. The van der Waals surface area contributed by atoms with Crippen molar-refractivity contribution in [1.82, 2.24) is 4.98 Å². The Morgan fingerprint density at radius 2 is 1.40 bits per heavy atom. The zero-order valence-corrected chi connectivity index (χ0v) is 10.8. The van der Waals surface area contributed by atoms with E-state index in [9.17, 15) is 5.26 Å². The van der Waals surface area contributed by atoms with Crippen LogP contribution in [0.5, 0.6) is 0 Å². The molecule has 0 radical (unpaired) electrons. The molecule has 0 N–H and O–H groups in total. The molecule has 2 nitrogen and oxygen atoms in total. The third-order valence-electron chi connectivity index (χ3n) is 3.18. The average Bonchev–Trinajstić information content (AvgIpc) is 2.56. The van der Waals surface area contributed by atoms with Crippen molar-refractivity contribution in [1.29, 1.82) is 5.26 Å². The summed E-state index contributed by atoms with van der Waals surface area (Å²) in [6, 6.07) is 23.8. The quantitative estimate of drug-likeness (QED) is 0.686. The Hall–Kier alpha value is -2.92. The number of benzene rings is 2. The van der Waals surface area contributed by atoms with Crippen molar-refractivity contribution in [3.8, 4) is 28.5 Å². The van der Waals surface area contributed by atoms with Crippen molar-refractivity contribution in [2.24, 2.45) is 0 Å². The second kappa shape index (κ2) is 5.38. The van der Waals surface area contributed by atoms with E-state index in [0.29, 0.717) is 5.56 Å². The van der Waals surface area contributed by atoms with Crippen LogP contribution in [0.25, 0.3) is 22.4 Å².